The molecule has 16 heavy (non-hydrogen) atoms. The van der Waals surface area contributed by atoms with E-state index in [-0.39, 0.29) is 6.54 Å². The van der Waals surface area contributed by atoms with Crippen molar-refractivity contribution in [2.45, 2.75) is 25.7 Å². The van der Waals surface area contributed by atoms with Crippen LogP contribution in [0.5, 0.6) is 0 Å². The number of benzene rings is 1. The van der Waals surface area contributed by atoms with Crippen LogP contribution in [-0.2, 0) is 12.8 Å². The molecular formula is C13H17F2N. The van der Waals surface area contributed by atoms with Crippen LogP contribution in [0.1, 0.15) is 18.1 Å². The lowest BCUT2D eigenvalue weighted by Gasteiger charge is -2.19. The summed E-state index contributed by atoms with van der Waals surface area (Å²) < 4.78 is 26.9. The summed E-state index contributed by atoms with van der Waals surface area (Å²) in [5, 5.41) is 2.77. The lowest BCUT2D eigenvalue weighted by Crippen LogP contribution is -2.28. The molecule has 2 rings (SSSR count). The van der Waals surface area contributed by atoms with E-state index in [9.17, 15) is 8.78 Å². The van der Waals surface area contributed by atoms with Crippen LogP contribution in [0.4, 0.5) is 8.78 Å². The minimum absolute atomic E-state index is 0.175. The number of nitrogens with one attached hydrogen (secondary N) is 1. The van der Waals surface area contributed by atoms with Crippen molar-refractivity contribution in [2.75, 3.05) is 13.1 Å². The van der Waals surface area contributed by atoms with Gasteiger partial charge in [-0.25, -0.2) is 8.78 Å². The van der Waals surface area contributed by atoms with Crippen LogP contribution in [0, 0.1) is 5.92 Å². The third kappa shape index (κ3) is 2.24. The zero-order chi connectivity index (χ0) is 11.6. The van der Waals surface area contributed by atoms with Crippen LogP contribution in [0.25, 0.3) is 0 Å². The number of halogens is 2. The second-order valence-corrected chi connectivity index (χ2v) is 4.42. The molecule has 0 amide bonds. The van der Waals surface area contributed by atoms with Gasteiger partial charge in [-0.15, -0.1) is 0 Å². The Kier molecular flexibility index (Phi) is 3.24. The highest BCUT2D eigenvalue weighted by Crippen LogP contribution is 2.31. The van der Waals surface area contributed by atoms with Gasteiger partial charge < -0.3 is 5.32 Å². The molecule has 1 fully saturated rings. The van der Waals surface area contributed by atoms with Gasteiger partial charge in [-0.3, -0.25) is 0 Å². The van der Waals surface area contributed by atoms with Gasteiger partial charge in [-0.1, -0.05) is 31.2 Å². The molecule has 1 heterocycles. The maximum absolute atomic E-state index is 13.5. The molecule has 0 aliphatic carbocycles. The standard InChI is InChI=1S/C13H17F2N/c1-2-10-5-3-4-6-11(10)7-12-8-16-9-13(12,14)15/h3-6,12,16H,2,7-9H2,1H3. The Morgan fingerprint density at radius 1 is 1.31 bits per heavy atom. The van der Waals surface area contributed by atoms with E-state index in [1.807, 2.05) is 24.3 Å². The van der Waals surface area contributed by atoms with Crippen LogP contribution in [0.15, 0.2) is 24.3 Å². The summed E-state index contributed by atoms with van der Waals surface area (Å²) in [7, 11) is 0. The van der Waals surface area contributed by atoms with E-state index in [0.717, 1.165) is 12.0 Å². The Morgan fingerprint density at radius 3 is 2.56 bits per heavy atom. The number of hydrogen-bond acceptors (Lipinski definition) is 1. The van der Waals surface area contributed by atoms with Crippen molar-refractivity contribution in [2.24, 2.45) is 5.92 Å². The number of rotatable bonds is 3. The second-order valence-electron chi connectivity index (χ2n) is 4.42. The molecule has 0 spiro atoms. The summed E-state index contributed by atoms with van der Waals surface area (Å²) in [6.45, 7) is 2.31. The molecule has 1 nitrogen and oxygen atoms in total. The third-order valence-electron chi connectivity index (χ3n) is 3.31. The Labute approximate surface area is 94.9 Å². The zero-order valence-electron chi connectivity index (χ0n) is 9.47. The Morgan fingerprint density at radius 2 is 2.00 bits per heavy atom. The first-order valence-corrected chi connectivity index (χ1v) is 5.79. The molecule has 1 aromatic carbocycles. The van der Waals surface area contributed by atoms with Gasteiger partial charge in [-0.05, 0) is 24.0 Å². The van der Waals surface area contributed by atoms with Gasteiger partial charge in [0.1, 0.15) is 0 Å². The topological polar surface area (TPSA) is 12.0 Å². The molecule has 0 bridgehead atoms. The molecule has 1 saturated heterocycles. The van der Waals surface area contributed by atoms with Gasteiger partial charge in [0.05, 0.1) is 6.54 Å². The quantitative estimate of drug-likeness (QED) is 0.834. The van der Waals surface area contributed by atoms with Crippen LogP contribution in [0.2, 0.25) is 0 Å². The minimum atomic E-state index is -2.55. The van der Waals surface area contributed by atoms with Crippen molar-refractivity contribution in [1.29, 1.82) is 0 Å². The highest BCUT2D eigenvalue weighted by Gasteiger charge is 2.43. The molecule has 1 aliphatic heterocycles. The molecule has 88 valence electrons. The van der Waals surface area contributed by atoms with Crippen LogP contribution in [0.3, 0.4) is 0 Å². The van der Waals surface area contributed by atoms with Crippen LogP contribution >= 0.6 is 0 Å². The summed E-state index contributed by atoms with van der Waals surface area (Å²) >= 11 is 0. The number of hydrogen-bond donors (Lipinski definition) is 1. The molecule has 1 unspecified atom stereocenters. The molecule has 0 saturated carbocycles. The molecule has 0 radical (unpaired) electrons. The van der Waals surface area contributed by atoms with Gasteiger partial charge in [0.2, 0.25) is 0 Å². The molecule has 1 aliphatic rings. The monoisotopic (exact) mass is 225 g/mol. The lowest BCUT2D eigenvalue weighted by molar-refractivity contribution is -0.0213. The van der Waals surface area contributed by atoms with Crippen LogP contribution < -0.4 is 5.32 Å². The summed E-state index contributed by atoms with van der Waals surface area (Å²) in [6, 6.07) is 7.88. The van der Waals surface area contributed by atoms with Crippen LogP contribution in [-0.4, -0.2) is 19.0 Å². The van der Waals surface area contributed by atoms with E-state index >= 15 is 0 Å². The summed E-state index contributed by atoms with van der Waals surface area (Å²) in [5.74, 6) is -3.11. The van der Waals surface area contributed by atoms with Gasteiger partial charge in [0.15, 0.2) is 0 Å². The average Bonchev–Trinajstić information content (AvgIpc) is 2.59. The second kappa shape index (κ2) is 4.50. The number of aryl methyl sites for hydroxylation is 1. The molecule has 3 heteroatoms. The van der Waals surface area contributed by atoms with Crippen molar-refractivity contribution in [1.82, 2.24) is 5.32 Å². The van der Waals surface area contributed by atoms with Crippen molar-refractivity contribution < 1.29 is 8.78 Å². The maximum Gasteiger partial charge on any atom is 0.264 e. The summed E-state index contributed by atoms with van der Waals surface area (Å²) in [6.07, 6.45) is 1.38. The lowest BCUT2D eigenvalue weighted by atomic mass is 9.92. The smallest absolute Gasteiger partial charge is 0.264 e. The first-order chi connectivity index (χ1) is 7.63. The fourth-order valence-corrected chi connectivity index (χ4v) is 2.30. The van der Waals surface area contributed by atoms with E-state index < -0.39 is 11.8 Å². The highest BCUT2D eigenvalue weighted by molar-refractivity contribution is 5.28. The van der Waals surface area contributed by atoms with Crippen molar-refractivity contribution >= 4 is 0 Å². The predicted octanol–water partition coefficient (Wildman–Crippen LogP) is 2.65. The van der Waals surface area contributed by atoms with E-state index in [2.05, 4.69) is 12.2 Å². The first-order valence-electron chi connectivity index (χ1n) is 5.79. The van der Waals surface area contributed by atoms with E-state index in [1.54, 1.807) is 0 Å². The third-order valence-corrected chi connectivity index (χ3v) is 3.31. The number of alkyl halides is 2. The van der Waals surface area contributed by atoms with Crippen molar-refractivity contribution in [3.63, 3.8) is 0 Å². The van der Waals surface area contributed by atoms with Gasteiger partial charge in [0, 0.05) is 12.5 Å². The van der Waals surface area contributed by atoms with E-state index in [0.29, 0.717) is 13.0 Å². The molecule has 1 aromatic rings. The predicted molar refractivity (Wildman–Crippen MR) is 60.8 cm³/mol. The first kappa shape index (κ1) is 11.5. The molecule has 0 aromatic heterocycles. The Balaban J connectivity index is 2.14. The molecule has 1 N–H and O–H groups in total. The van der Waals surface area contributed by atoms with E-state index in [1.165, 1.54) is 5.56 Å². The molecule has 1 atom stereocenters. The normalized spacial score (nSPS) is 23.6. The van der Waals surface area contributed by atoms with Gasteiger partial charge in [0.25, 0.3) is 5.92 Å². The minimum Gasteiger partial charge on any atom is -0.311 e. The fourth-order valence-electron chi connectivity index (χ4n) is 2.30. The van der Waals surface area contributed by atoms with Gasteiger partial charge in [-0.2, -0.15) is 0 Å². The largest absolute Gasteiger partial charge is 0.311 e. The SMILES string of the molecule is CCc1ccccc1CC1CNCC1(F)F. The maximum atomic E-state index is 13.5. The Bertz CT molecular complexity index is 363. The Hall–Kier alpha value is -0.960. The zero-order valence-corrected chi connectivity index (χ0v) is 9.47. The highest BCUT2D eigenvalue weighted by atomic mass is 19.3. The molecular weight excluding hydrogens is 208 g/mol. The average molecular weight is 225 g/mol. The van der Waals surface area contributed by atoms with Gasteiger partial charge >= 0.3 is 0 Å². The summed E-state index contributed by atoms with van der Waals surface area (Å²) in [4.78, 5) is 0. The fraction of sp³-hybridized carbons (Fsp3) is 0.538. The summed E-state index contributed by atoms with van der Waals surface area (Å²) in [5.41, 5.74) is 2.25. The van der Waals surface area contributed by atoms with Crippen molar-refractivity contribution in [3.05, 3.63) is 35.4 Å². The van der Waals surface area contributed by atoms with Crippen molar-refractivity contribution in [3.8, 4) is 0 Å². The van der Waals surface area contributed by atoms with E-state index in [4.69, 9.17) is 0 Å².